The average molecular weight is 207 g/mol. The van der Waals surface area contributed by atoms with Gasteiger partial charge < -0.3 is 5.11 Å². The lowest BCUT2D eigenvalue weighted by atomic mass is 10.2. The molecule has 3 nitrogen and oxygen atoms in total. The summed E-state index contributed by atoms with van der Waals surface area (Å²) >= 11 is 1.66. The minimum absolute atomic E-state index is 0.00644. The maximum absolute atomic E-state index is 10.6. The van der Waals surface area contributed by atoms with Crippen molar-refractivity contribution in [3.63, 3.8) is 0 Å². The van der Waals surface area contributed by atoms with Crippen LogP contribution in [0.25, 0.3) is 10.1 Å². The van der Waals surface area contributed by atoms with E-state index in [-0.39, 0.29) is 6.42 Å². The Morgan fingerprint density at radius 2 is 2.43 bits per heavy atom. The number of nitrogens with zero attached hydrogens (tertiary/aromatic N) is 1. The standard InChI is InChI=1S/C10H9NO2S/c1-6-4-7-8(5-10(12)13)11-3-2-9(7)14-6/h2-4H,5H2,1H3,(H,12,13). The fourth-order valence-corrected chi connectivity index (χ4v) is 2.37. The molecule has 2 heterocycles. The minimum Gasteiger partial charge on any atom is -0.481 e. The van der Waals surface area contributed by atoms with E-state index >= 15 is 0 Å². The zero-order valence-electron chi connectivity index (χ0n) is 7.65. The second-order valence-electron chi connectivity index (χ2n) is 3.10. The molecule has 0 atom stereocenters. The predicted molar refractivity (Wildman–Crippen MR) is 55.7 cm³/mol. The third-order valence-electron chi connectivity index (χ3n) is 1.97. The number of carboxylic acids is 1. The van der Waals surface area contributed by atoms with Gasteiger partial charge in [0.25, 0.3) is 0 Å². The lowest BCUT2D eigenvalue weighted by Crippen LogP contribution is -2.02. The second-order valence-corrected chi connectivity index (χ2v) is 4.38. The average Bonchev–Trinajstić information content (AvgIpc) is 2.45. The Morgan fingerprint density at radius 3 is 3.14 bits per heavy atom. The second kappa shape index (κ2) is 3.38. The number of carboxylic acid groups (broad SMARTS) is 1. The van der Waals surface area contributed by atoms with Crippen molar-refractivity contribution in [2.45, 2.75) is 13.3 Å². The van der Waals surface area contributed by atoms with Crippen molar-refractivity contribution >= 4 is 27.4 Å². The van der Waals surface area contributed by atoms with Crippen LogP contribution in [0, 0.1) is 6.92 Å². The molecule has 0 bridgehead atoms. The number of aliphatic carboxylic acids is 1. The Hall–Kier alpha value is -1.42. The van der Waals surface area contributed by atoms with Crippen LogP contribution in [0.2, 0.25) is 0 Å². The van der Waals surface area contributed by atoms with E-state index in [2.05, 4.69) is 4.98 Å². The highest BCUT2D eigenvalue weighted by molar-refractivity contribution is 7.19. The van der Waals surface area contributed by atoms with Crippen LogP contribution >= 0.6 is 11.3 Å². The van der Waals surface area contributed by atoms with Gasteiger partial charge in [-0.15, -0.1) is 11.3 Å². The quantitative estimate of drug-likeness (QED) is 0.821. The zero-order chi connectivity index (χ0) is 10.1. The maximum Gasteiger partial charge on any atom is 0.309 e. The SMILES string of the molecule is Cc1cc2c(CC(=O)O)nccc2s1. The molecule has 0 saturated heterocycles. The summed E-state index contributed by atoms with van der Waals surface area (Å²) in [5.41, 5.74) is 0.652. The van der Waals surface area contributed by atoms with E-state index < -0.39 is 5.97 Å². The molecule has 0 aromatic carbocycles. The van der Waals surface area contributed by atoms with Crippen LogP contribution in [-0.4, -0.2) is 16.1 Å². The number of pyridine rings is 1. The summed E-state index contributed by atoms with van der Waals surface area (Å²) in [6.45, 7) is 2.01. The van der Waals surface area contributed by atoms with Crippen molar-refractivity contribution < 1.29 is 9.90 Å². The molecule has 2 aromatic rings. The van der Waals surface area contributed by atoms with Gasteiger partial charge >= 0.3 is 5.97 Å². The Balaban J connectivity index is 2.58. The van der Waals surface area contributed by atoms with Crippen LogP contribution in [0.3, 0.4) is 0 Å². The Bertz CT molecular complexity index is 490. The summed E-state index contributed by atoms with van der Waals surface area (Å²) < 4.78 is 1.11. The Morgan fingerprint density at radius 1 is 1.64 bits per heavy atom. The summed E-state index contributed by atoms with van der Waals surface area (Å²) in [7, 11) is 0. The van der Waals surface area contributed by atoms with Gasteiger partial charge in [0.2, 0.25) is 0 Å². The lowest BCUT2D eigenvalue weighted by molar-refractivity contribution is -0.136. The molecule has 0 saturated carbocycles. The van der Waals surface area contributed by atoms with Crippen LogP contribution in [-0.2, 0) is 11.2 Å². The van der Waals surface area contributed by atoms with Crippen molar-refractivity contribution in [2.24, 2.45) is 0 Å². The smallest absolute Gasteiger partial charge is 0.309 e. The van der Waals surface area contributed by atoms with Gasteiger partial charge in [-0.25, -0.2) is 0 Å². The van der Waals surface area contributed by atoms with Crippen LogP contribution in [0.1, 0.15) is 10.6 Å². The first-order valence-electron chi connectivity index (χ1n) is 4.22. The molecule has 2 rings (SSSR count). The van der Waals surface area contributed by atoms with Crippen molar-refractivity contribution in [3.8, 4) is 0 Å². The molecule has 0 unspecified atom stereocenters. The van der Waals surface area contributed by atoms with Gasteiger partial charge in [0.05, 0.1) is 12.1 Å². The highest BCUT2D eigenvalue weighted by Crippen LogP contribution is 2.26. The highest BCUT2D eigenvalue weighted by atomic mass is 32.1. The van der Waals surface area contributed by atoms with Crippen molar-refractivity contribution in [3.05, 3.63) is 28.9 Å². The largest absolute Gasteiger partial charge is 0.481 e. The molecular weight excluding hydrogens is 198 g/mol. The van der Waals surface area contributed by atoms with E-state index in [1.807, 2.05) is 19.1 Å². The number of aryl methyl sites for hydroxylation is 1. The number of aromatic nitrogens is 1. The lowest BCUT2D eigenvalue weighted by Gasteiger charge is -1.97. The summed E-state index contributed by atoms with van der Waals surface area (Å²) in [4.78, 5) is 15.8. The number of thiophene rings is 1. The molecule has 0 fully saturated rings. The number of carbonyl (C=O) groups is 1. The summed E-state index contributed by atoms with van der Waals surface area (Å²) in [6.07, 6.45) is 1.66. The zero-order valence-corrected chi connectivity index (χ0v) is 8.47. The Kier molecular flexibility index (Phi) is 2.21. The molecule has 0 spiro atoms. The van der Waals surface area contributed by atoms with Crippen LogP contribution in [0.5, 0.6) is 0 Å². The van der Waals surface area contributed by atoms with Crippen molar-refractivity contribution in [1.29, 1.82) is 0 Å². The van der Waals surface area contributed by atoms with E-state index in [4.69, 9.17) is 5.11 Å². The van der Waals surface area contributed by atoms with Crippen LogP contribution in [0.15, 0.2) is 18.3 Å². The predicted octanol–water partition coefficient (Wildman–Crippen LogP) is 2.23. The molecule has 14 heavy (non-hydrogen) atoms. The Labute approximate surface area is 85.0 Å². The summed E-state index contributed by atoms with van der Waals surface area (Å²) in [5.74, 6) is -0.839. The first-order chi connectivity index (χ1) is 6.66. The third kappa shape index (κ3) is 1.61. The molecule has 0 amide bonds. The minimum atomic E-state index is -0.839. The normalized spacial score (nSPS) is 10.6. The molecule has 0 aliphatic heterocycles. The molecule has 1 N–H and O–H groups in total. The monoisotopic (exact) mass is 207 g/mol. The number of hydrogen-bond donors (Lipinski definition) is 1. The van der Waals surface area contributed by atoms with E-state index in [0.29, 0.717) is 5.69 Å². The fourth-order valence-electron chi connectivity index (χ4n) is 1.43. The molecule has 0 radical (unpaired) electrons. The summed E-state index contributed by atoms with van der Waals surface area (Å²) in [6, 6.07) is 3.91. The first kappa shape index (κ1) is 9.15. The van der Waals surface area contributed by atoms with E-state index in [9.17, 15) is 4.79 Å². The van der Waals surface area contributed by atoms with Gasteiger partial charge in [0.15, 0.2) is 0 Å². The molecule has 0 aliphatic carbocycles. The van der Waals surface area contributed by atoms with Gasteiger partial charge in [-0.2, -0.15) is 0 Å². The van der Waals surface area contributed by atoms with Gasteiger partial charge in [0.1, 0.15) is 0 Å². The van der Waals surface area contributed by atoms with E-state index in [1.54, 1.807) is 17.5 Å². The van der Waals surface area contributed by atoms with Gasteiger partial charge in [0, 0.05) is 21.2 Å². The third-order valence-corrected chi connectivity index (χ3v) is 2.99. The van der Waals surface area contributed by atoms with Crippen molar-refractivity contribution in [1.82, 2.24) is 4.98 Å². The van der Waals surface area contributed by atoms with E-state index in [1.165, 1.54) is 4.88 Å². The van der Waals surface area contributed by atoms with Gasteiger partial charge in [-0.1, -0.05) is 0 Å². The number of fused-ring (bicyclic) bond motifs is 1. The molecule has 4 heteroatoms. The summed E-state index contributed by atoms with van der Waals surface area (Å²) in [5, 5.41) is 9.67. The maximum atomic E-state index is 10.6. The molecule has 72 valence electrons. The molecule has 0 aliphatic rings. The van der Waals surface area contributed by atoms with E-state index in [0.717, 1.165) is 10.1 Å². The fraction of sp³-hybridized carbons (Fsp3) is 0.200. The van der Waals surface area contributed by atoms with Crippen LogP contribution in [0.4, 0.5) is 0 Å². The first-order valence-corrected chi connectivity index (χ1v) is 5.04. The van der Waals surface area contributed by atoms with Crippen molar-refractivity contribution in [2.75, 3.05) is 0 Å². The molecule has 2 aromatic heterocycles. The number of rotatable bonds is 2. The number of hydrogen-bond acceptors (Lipinski definition) is 3. The van der Waals surface area contributed by atoms with Gasteiger partial charge in [-0.3, -0.25) is 9.78 Å². The molecular formula is C10H9NO2S. The topological polar surface area (TPSA) is 50.2 Å². The highest BCUT2D eigenvalue weighted by Gasteiger charge is 2.08. The van der Waals surface area contributed by atoms with Crippen LogP contribution < -0.4 is 0 Å². The van der Waals surface area contributed by atoms with Gasteiger partial charge in [-0.05, 0) is 19.1 Å².